The van der Waals surface area contributed by atoms with E-state index in [0.717, 1.165) is 22.7 Å². The van der Waals surface area contributed by atoms with Crippen molar-refractivity contribution in [2.75, 3.05) is 12.8 Å². The number of hydrogen-bond acceptors (Lipinski definition) is 8. The maximum absolute atomic E-state index is 13.1. The summed E-state index contributed by atoms with van der Waals surface area (Å²) >= 11 is 1.11. The Morgan fingerprint density at radius 2 is 1.85 bits per heavy atom. The van der Waals surface area contributed by atoms with Gasteiger partial charge in [-0.25, -0.2) is 14.8 Å². The molecule has 0 spiro atoms. The molecular formula is C23H20N6O4S. The minimum Gasteiger partial charge on any atom is -0.467 e. The van der Waals surface area contributed by atoms with Crippen molar-refractivity contribution in [1.82, 2.24) is 20.3 Å². The number of nitrogen functional groups attached to an aromatic ring is 1. The zero-order valence-corrected chi connectivity index (χ0v) is 18.8. The standard InChI is InChI=1S/C23H20N6O4S/c1-33-23(32)18(14-10-26-15-8-4-2-6-12(14)15)29-22(31)19-20(24)27-11-17(28-19)34-16-9-5-3-7-13(16)21(25)30/h2-11,18,26H,1H3,(H2,24,27)(H2,25,30)(H,29,31). The molecular weight excluding hydrogens is 456 g/mol. The van der Waals surface area contributed by atoms with E-state index in [-0.39, 0.29) is 11.5 Å². The topological polar surface area (TPSA) is 166 Å². The monoisotopic (exact) mass is 476 g/mol. The van der Waals surface area contributed by atoms with Gasteiger partial charge in [-0.1, -0.05) is 42.1 Å². The SMILES string of the molecule is COC(=O)C(NC(=O)c1nc(Sc2ccccc2C(N)=O)cnc1N)c1c[nH]c2ccccc12. The van der Waals surface area contributed by atoms with Crippen LogP contribution in [0.25, 0.3) is 10.9 Å². The van der Waals surface area contributed by atoms with Crippen molar-refractivity contribution < 1.29 is 19.1 Å². The molecule has 4 aromatic rings. The minimum atomic E-state index is -1.11. The zero-order valence-electron chi connectivity index (χ0n) is 17.9. The first-order valence-electron chi connectivity index (χ1n) is 10.0. The molecule has 0 radical (unpaired) electrons. The highest BCUT2D eigenvalue weighted by Gasteiger charge is 2.28. The van der Waals surface area contributed by atoms with Crippen molar-refractivity contribution in [2.24, 2.45) is 5.73 Å². The molecule has 11 heteroatoms. The largest absolute Gasteiger partial charge is 0.467 e. The van der Waals surface area contributed by atoms with E-state index in [1.165, 1.54) is 13.3 Å². The highest BCUT2D eigenvalue weighted by atomic mass is 32.2. The number of hydrogen-bond donors (Lipinski definition) is 4. The fourth-order valence-corrected chi connectivity index (χ4v) is 4.28. The number of aromatic amines is 1. The quantitative estimate of drug-likeness (QED) is 0.295. The second kappa shape index (κ2) is 9.63. The molecule has 0 aliphatic carbocycles. The molecule has 2 aromatic heterocycles. The smallest absolute Gasteiger partial charge is 0.333 e. The molecule has 172 valence electrons. The molecule has 10 nitrogen and oxygen atoms in total. The van der Waals surface area contributed by atoms with Gasteiger partial charge in [0, 0.05) is 27.6 Å². The molecule has 2 heterocycles. The Morgan fingerprint density at radius 1 is 1.12 bits per heavy atom. The highest BCUT2D eigenvalue weighted by Crippen LogP contribution is 2.30. The van der Waals surface area contributed by atoms with Gasteiger partial charge >= 0.3 is 5.97 Å². The van der Waals surface area contributed by atoms with E-state index in [1.54, 1.807) is 30.5 Å². The van der Waals surface area contributed by atoms with Crippen LogP contribution in [0, 0.1) is 0 Å². The van der Waals surface area contributed by atoms with Crippen LogP contribution in [0.5, 0.6) is 0 Å². The van der Waals surface area contributed by atoms with Crippen LogP contribution >= 0.6 is 11.8 Å². The molecule has 1 unspecified atom stereocenters. The Bertz CT molecular complexity index is 1400. The van der Waals surface area contributed by atoms with Crippen molar-refractivity contribution in [2.45, 2.75) is 16.0 Å². The molecule has 0 saturated carbocycles. The minimum absolute atomic E-state index is 0.118. The normalized spacial score (nSPS) is 11.7. The van der Waals surface area contributed by atoms with E-state index in [2.05, 4.69) is 20.3 Å². The summed E-state index contributed by atoms with van der Waals surface area (Å²) < 4.78 is 4.91. The van der Waals surface area contributed by atoms with Gasteiger partial charge in [0.05, 0.1) is 18.9 Å². The van der Waals surface area contributed by atoms with Crippen LogP contribution in [0.2, 0.25) is 0 Å². The fraction of sp³-hybridized carbons (Fsp3) is 0.0870. The molecule has 34 heavy (non-hydrogen) atoms. The van der Waals surface area contributed by atoms with E-state index in [4.69, 9.17) is 16.2 Å². The summed E-state index contributed by atoms with van der Waals surface area (Å²) in [6, 6.07) is 13.0. The molecule has 0 bridgehead atoms. The first-order chi connectivity index (χ1) is 16.4. The summed E-state index contributed by atoms with van der Waals surface area (Å²) in [6.45, 7) is 0. The third-order valence-corrected chi connectivity index (χ3v) is 5.99. The molecule has 0 saturated heterocycles. The van der Waals surface area contributed by atoms with E-state index < -0.39 is 23.8 Å². The molecule has 2 amide bonds. The van der Waals surface area contributed by atoms with Gasteiger partial charge in [-0.15, -0.1) is 0 Å². The van der Waals surface area contributed by atoms with Crippen molar-refractivity contribution in [3.63, 3.8) is 0 Å². The number of rotatable bonds is 7. The van der Waals surface area contributed by atoms with Crippen molar-refractivity contribution in [3.05, 3.63) is 77.7 Å². The Balaban J connectivity index is 1.64. The lowest BCUT2D eigenvalue weighted by atomic mass is 10.1. The van der Waals surface area contributed by atoms with E-state index >= 15 is 0 Å². The van der Waals surface area contributed by atoms with Gasteiger partial charge < -0.3 is 26.5 Å². The van der Waals surface area contributed by atoms with Crippen LogP contribution in [-0.4, -0.2) is 39.8 Å². The number of methoxy groups -OCH3 is 1. The van der Waals surface area contributed by atoms with Gasteiger partial charge in [-0.2, -0.15) is 0 Å². The molecule has 4 rings (SSSR count). The second-order valence-electron chi connectivity index (χ2n) is 7.12. The van der Waals surface area contributed by atoms with E-state index in [1.807, 2.05) is 24.3 Å². The lowest BCUT2D eigenvalue weighted by Crippen LogP contribution is -2.35. The first-order valence-corrected chi connectivity index (χ1v) is 10.8. The van der Waals surface area contributed by atoms with E-state index in [0.29, 0.717) is 21.0 Å². The van der Waals surface area contributed by atoms with Crippen LogP contribution in [0.3, 0.4) is 0 Å². The Kier molecular flexibility index (Phi) is 6.46. The number of para-hydroxylation sites is 1. The number of carbonyl (C=O) groups is 3. The molecule has 0 aliphatic rings. The summed E-state index contributed by atoms with van der Waals surface area (Å²) in [5.74, 6) is -2.08. The van der Waals surface area contributed by atoms with E-state index in [9.17, 15) is 14.4 Å². The molecule has 0 aliphatic heterocycles. The summed E-state index contributed by atoms with van der Waals surface area (Å²) in [5.41, 5.74) is 12.8. The lowest BCUT2D eigenvalue weighted by Gasteiger charge is -2.16. The highest BCUT2D eigenvalue weighted by molar-refractivity contribution is 7.99. The summed E-state index contributed by atoms with van der Waals surface area (Å²) in [5, 5.41) is 3.71. The number of nitrogens with zero attached hydrogens (tertiary/aromatic N) is 2. The molecule has 2 aromatic carbocycles. The number of nitrogens with one attached hydrogen (secondary N) is 2. The van der Waals surface area contributed by atoms with Crippen LogP contribution in [-0.2, 0) is 9.53 Å². The predicted molar refractivity (Wildman–Crippen MR) is 126 cm³/mol. The number of amides is 2. The predicted octanol–water partition coefficient (Wildman–Crippen LogP) is 2.43. The Labute approximate surface area is 198 Å². The number of esters is 1. The van der Waals surface area contributed by atoms with Crippen LogP contribution in [0.4, 0.5) is 5.82 Å². The van der Waals surface area contributed by atoms with Gasteiger partial charge in [0.25, 0.3) is 5.91 Å². The third-order valence-electron chi connectivity index (χ3n) is 5.01. The first kappa shape index (κ1) is 22.8. The molecule has 0 fully saturated rings. The number of carbonyl (C=O) groups excluding carboxylic acids is 3. The Morgan fingerprint density at radius 3 is 2.62 bits per heavy atom. The van der Waals surface area contributed by atoms with Crippen LogP contribution in [0.1, 0.15) is 32.5 Å². The summed E-state index contributed by atoms with van der Waals surface area (Å²) in [4.78, 5) is 49.3. The average molecular weight is 477 g/mol. The van der Waals surface area contributed by atoms with Crippen molar-refractivity contribution in [3.8, 4) is 0 Å². The number of aromatic nitrogens is 3. The van der Waals surface area contributed by atoms with Gasteiger partial charge in [0.2, 0.25) is 5.91 Å². The average Bonchev–Trinajstić information content (AvgIpc) is 3.27. The van der Waals surface area contributed by atoms with Crippen LogP contribution < -0.4 is 16.8 Å². The maximum Gasteiger partial charge on any atom is 0.333 e. The Hall–Kier alpha value is -4.38. The maximum atomic E-state index is 13.1. The second-order valence-corrected chi connectivity index (χ2v) is 8.19. The fourth-order valence-electron chi connectivity index (χ4n) is 3.38. The number of benzene rings is 2. The lowest BCUT2D eigenvalue weighted by molar-refractivity contribution is -0.143. The van der Waals surface area contributed by atoms with Gasteiger partial charge in [0.1, 0.15) is 5.03 Å². The molecule has 6 N–H and O–H groups in total. The van der Waals surface area contributed by atoms with Gasteiger partial charge in [-0.3, -0.25) is 9.59 Å². The van der Waals surface area contributed by atoms with Gasteiger partial charge in [-0.05, 0) is 18.2 Å². The third kappa shape index (κ3) is 4.55. The number of ether oxygens (including phenoxy) is 1. The van der Waals surface area contributed by atoms with Crippen LogP contribution in [0.15, 0.2) is 70.8 Å². The van der Waals surface area contributed by atoms with Crippen molar-refractivity contribution in [1.29, 1.82) is 0 Å². The summed E-state index contributed by atoms with van der Waals surface area (Å²) in [6.07, 6.45) is 3.01. The number of primary amides is 1. The zero-order chi connectivity index (χ0) is 24.2. The number of H-pyrrole nitrogens is 1. The van der Waals surface area contributed by atoms with Crippen molar-refractivity contribution >= 4 is 46.3 Å². The number of nitrogens with two attached hydrogens (primary N) is 2. The number of anilines is 1. The van der Waals surface area contributed by atoms with Gasteiger partial charge in [0.15, 0.2) is 17.6 Å². The number of fused-ring (bicyclic) bond motifs is 1. The molecule has 1 atom stereocenters. The summed E-state index contributed by atoms with van der Waals surface area (Å²) in [7, 11) is 1.23.